The third kappa shape index (κ3) is 7.39. The number of imidazole rings is 1. The minimum atomic E-state index is -4.94. The Labute approximate surface area is 195 Å². The maximum atomic E-state index is 9.01. The Balaban J connectivity index is 0.000000654. The summed E-state index contributed by atoms with van der Waals surface area (Å²) < 4.78 is 47.0. The van der Waals surface area contributed by atoms with Crippen molar-refractivity contribution in [2.75, 3.05) is 26.6 Å². The predicted octanol–water partition coefficient (Wildman–Crippen LogP) is -1.41. The van der Waals surface area contributed by atoms with Gasteiger partial charge >= 0.3 is 5.95 Å². The summed E-state index contributed by atoms with van der Waals surface area (Å²) in [7, 11) is 1.77. The van der Waals surface area contributed by atoms with Crippen molar-refractivity contribution >= 4 is 32.6 Å². The monoisotopic (exact) mass is 505 g/mol. The lowest BCUT2D eigenvalue weighted by Gasteiger charge is -2.17. The van der Waals surface area contributed by atoms with Crippen LogP contribution >= 0.6 is 21.6 Å². The first-order valence-corrected chi connectivity index (χ1v) is 12.9. The van der Waals surface area contributed by atoms with E-state index in [0.29, 0.717) is 5.75 Å². The van der Waals surface area contributed by atoms with Crippen molar-refractivity contribution in [3.8, 4) is 17.4 Å². The predicted molar refractivity (Wildman–Crippen MR) is 111 cm³/mol. The van der Waals surface area contributed by atoms with Crippen LogP contribution < -0.4 is 32.7 Å². The number of benzene rings is 1. The van der Waals surface area contributed by atoms with E-state index >= 15 is 0 Å². The first kappa shape index (κ1) is 26.5. The number of ether oxygens (including phenoxy) is 2. The number of rotatable bonds is 8. The van der Waals surface area contributed by atoms with E-state index in [9.17, 15) is 0 Å². The lowest BCUT2D eigenvalue weighted by molar-refractivity contribution is -2.00. The molecule has 0 aliphatic rings. The largest absolute Gasteiger partial charge is 0.497 e. The molecule has 13 heteroatoms. The summed E-state index contributed by atoms with van der Waals surface area (Å²) in [6, 6.07) is 5.80. The van der Waals surface area contributed by atoms with Crippen LogP contribution in [0.1, 0.15) is 16.8 Å². The first-order valence-electron chi connectivity index (χ1n) is 9.19. The van der Waals surface area contributed by atoms with Gasteiger partial charge in [0.05, 0.1) is 32.8 Å². The molecular formula is C19H24ClN3O7S2. The van der Waals surface area contributed by atoms with Gasteiger partial charge in [0.2, 0.25) is 0 Å². The Morgan fingerprint density at radius 1 is 1.12 bits per heavy atom. The number of fused-ring (bicyclic) bond motifs is 1. The van der Waals surface area contributed by atoms with Gasteiger partial charge in [-0.15, -0.1) is 10.2 Å². The quantitative estimate of drug-likeness (QED) is 0.211. The van der Waals surface area contributed by atoms with Crippen molar-refractivity contribution in [1.82, 2.24) is 9.97 Å². The Hall–Kier alpha value is -1.77. The van der Waals surface area contributed by atoms with E-state index in [1.165, 1.54) is 0 Å². The number of aliphatic hydroxyl groups is 1. The molecule has 0 aliphatic heterocycles. The average molecular weight is 506 g/mol. The van der Waals surface area contributed by atoms with Gasteiger partial charge in [-0.25, -0.2) is 28.2 Å². The van der Waals surface area contributed by atoms with Crippen LogP contribution in [0.4, 0.5) is 0 Å². The van der Waals surface area contributed by atoms with Gasteiger partial charge in [-0.3, -0.25) is 0 Å². The SMILES string of the molecule is COc1ccc2nc(-[n+]3cc(C)c(OC)c(C)c3CSSCCO)[nH]c2c1.[O-][Cl+3]([O-])([O-])[O-]. The Kier molecular flexibility index (Phi) is 9.85. The molecule has 0 aliphatic carbocycles. The zero-order chi connectivity index (χ0) is 23.9. The number of aromatic nitrogens is 3. The number of pyridine rings is 1. The van der Waals surface area contributed by atoms with Gasteiger partial charge in [0.15, 0.2) is 5.52 Å². The topological polar surface area (TPSA) is 163 Å². The van der Waals surface area contributed by atoms with Crippen LogP contribution in [0.25, 0.3) is 17.0 Å². The number of H-pyrrole nitrogens is 1. The molecule has 176 valence electrons. The molecule has 3 aromatic rings. The van der Waals surface area contributed by atoms with E-state index in [1.807, 2.05) is 31.3 Å². The second-order valence-corrected chi connectivity index (χ2v) is 9.75. The molecule has 0 radical (unpaired) electrons. The van der Waals surface area contributed by atoms with E-state index in [-0.39, 0.29) is 6.61 Å². The van der Waals surface area contributed by atoms with E-state index in [4.69, 9.17) is 38.2 Å². The van der Waals surface area contributed by atoms with Crippen molar-refractivity contribution in [2.45, 2.75) is 19.6 Å². The Bertz CT molecular complexity index is 1040. The molecule has 0 saturated carbocycles. The fourth-order valence-corrected chi connectivity index (χ4v) is 4.93. The normalized spacial score (nSPS) is 11.3. The maximum absolute atomic E-state index is 9.01. The van der Waals surface area contributed by atoms with E-state index < -0.39 is 10.2 Å². The fourth-order valence-electron chi connectivity index (χ4n) is 3.03. The third-order valence-corrected chi connectivity index (χ3v) is 6.57. The summed E-state index contributed by atoms with van der Waals surface area (Å²) in [6.45, 7) is 4.28. The van der Waals surface area contributed by atoms with Gasteiger partial charge in [-0.2, -0.15) is 0 Å². The maximum Gasteiger partial charge on any atom is 0.402 e. The van der Waals surface area contributed by atoms with E-state index in [1.54, 1.807) is 35.8 Å². The number of nitrogens with one attached hydrogen (secondary N) is 1. The highest BCUT2D eigenvalue weighted by atomic mass is 35.7. The number of halogens is 1. The average Bonchev–Trinajstić information content (AvgIpc) is 3.14. The lowest BCUT2D eigenvalue weighted by atomic mass is 10.1. The molecule has 2 aromatic heterocycles. The summed E-state index contributed by atoms with van der Waals surface area (Å²) in [5.74, 6) is 3.92. The number of hydrogen-bond donors (Lipinski definition) is 2. The molecule has 0 bridgehead atoms. The molecule has 0 unspecified atom stereocenters. The van der Waals surface area contributed by atoms with Gasteiger partial charge < -0.3 is 14.6 Å². The van der Waals surface area contributed by atoms with E-state index in [0.717, 1.165) is 51.1 Å². The van der Waals surface area contributed by atoms with E-state index in [2.05, 4.69) is 16.5 Å². The summed E-state index contributed by atoms with van der Waals surface area (Å²) in [4.78, 5) is 8.15. The van der Waals surface area contributed by atoms with Gasteiger partial charge in [-0.1, -0.05) is 26.6 Å². The molecule has 3 rings (SSSR count). The minimum Gasteiger partial charge on any atom is -0.497 e. The highest BCUT2D eigenvalue weighted by molar-refractivity contribution is 8.76. The second-order valence-electron chi connectivity index (χ2n) is 6.42. The van der Waals surface area contributed by atoms with Crippen LogP contribution in [-0.4, -0.2) is 41.7 Å². The number of hydrogen-bond acceptors (Lipinski definition) is 10. The van der Waals surface area contributed by atoms with Crippen LogP contribution in [0, 0.1) is 24.1 Å². The highest BCUT2D eigenvalue weighted by Crippen LogP contribution is 2.30. The molecular weight excluding hydrogens is 482 g/mol. The third-order valence-electron chi connectivity index (χ3n) is 4.31. The standard InChI is InChI=1S/C19H24N3O3S2.ClHO4/c1-12-10-22(17(11-27-26-8-7-23)13(2)18(12)25-4)19-20-15-6-5-14(24-3)9-16(15)21-19;2-1(3,4)5/h5-6,9-10,23H,7-8,11H2,1-4H3,(H,20,21);(H,2,3,4,5)/q+1;/p-1. The molecule has 0 spiro atoms. The van der Waals surface area contributed by atoms with Crippen molar-refractivity contribution < 1.29 is 48.0 Å². The van der Waals surface area contributed by atoms with Crippen molar-refractivity contribution in [3.63, 3.8) is 0 Å². The number of nitrogens with zero attached hydrogens (tertiary/aromatic N) is 2. The van der Waals surface area contributed by atoms with Crippen molar-refractivity contribution in [2.24, 2.45) is 0 Å². The van der Waals surface area contributed by atoms with Crippen molar-refractivity contribution in [1.29, 1.82) is 0 Å². The smallest absolute Gasteiger partial charge is 0.402 e. The molecule has 2 N–H and O–H groups in total. The molecule has 0 saturated heterocycles. The zero-order valence-corrected chi connectivity index (χ0v) is 20.3. The van der Waals surface area contributed by atoms with Crippen LogP contribution in [0.15, 0.2) is 24.4 Å². The number of aliphatic hydroxyl groups excluding tert-OH is 1. The molecule has 10 nitrogen and oxygen atoms in total. The van der Waals surface area contributed by atoms with Crippen LogP contribution in [0.2, 0.25) is 0 Å². The summed E-state index contributed by atoms with van der Waals surface area (Å²) in [6.07, 6.45) is 2.05. The molecule has 32 heavy (non-hydrogen) atoms. The molecule has 0 fully saturated rings. The summed E-state index contributed by atoms with van der Waals surface area (Å²) in [5, 5.41) is 9.01. The lowest BCUT2D eigenvalue weighted by Crippen LogP contribution is -2.68. The minimum absolute atomic E-state index is 0.180. The van der Waals surface area contributed by atoms with Crippen LogP contribution in [-0.2, 0) is 5.75 Å². The van der Waals surface area contributed by atoms with Gasteiger partial charge in [0, 0.05) is 22.9 Å². The Morgan fingerprint density at radius 2 is 1.81 bits per heavy atom. The summed E-state index contributed by atoms with van der Waals surface area (Å²) in [5.41, 5.74) is 5.06. The molecule has 0 atom stereocenters. The molecule has 1 aromatic carbocycles. The van der Waals surface area contributed by atoms with Gasteiger partial charge in [-0.05, 0) is 26.0 Å². The van der Waals surface area contributed by atoms with Crippen LogP contribution in [0.5, 0.6) is 11.5 Å². The summed E-state index contributed by atoms with van der Waals surface area (Å²) >= 11 is 0. The number of aromatic amines is 1. The fraction of sp³-hybridized carbons (Fsp3) is 0.368. The molecule has 0 amide bonds. The molecule has 2 heterocycles. The number of methoxy groups -OCH3 is 2. The van der Waals surface area contributed by atoms with Gasteiger partial charge in [0.1, 0.15) is 22.7 Å². The van der Waals surface area contributed by atoms with Gasteiger partial charge in [0.25, 0.3) is 0 Å². The zero-order valence-electron chi connectivity index (χ0n) is 17.9. The highest BCUT2D eigenvalue weighted by Gasteiger charge is 2.22. The Morgan fingerprint density at radius 3 is 2.41 bits per heavy atom. The first-order chi connectivity index (χ1) is 15.1. The van der Waals surface area contributed by atoms with Crippen molar-refractivity contribution in [3.05, 3.63) is 41.2 Å². The second kappa shape index (κ2) is 11.9. The number of aryl methyl sites for hydroxylation is 1. The van der Waals surface area contributed by atoms with Crippen LogP contribution in [0.3, 0.4) is 0 Å².